The van der Waals surface area contributed by atoms with E-state index < -0.39 is 47.6 Å². The van der Waals surface area contributed by atoms with E-state index in [2.05, 4.69) is 10.6 Å². The lowest BCUT2D eigenvalue weighted by Gasteiger charge is -2.44. The third-order valence-electron chi connectivity index (χ3n) is 5.96. The molecule has 0 radical (unpaired) electrons. The number of primary amides is 1. The number of hydrogen-bond acceptors (Lipinski definition) is 5. The molecule has 0 aromatic heterocycles. The number of nitrogens with one attached hydrogen (secondary N) is 2. The summed E-state index contributed by atoms with van der Waals surface area (Å²) in [6.45, 7) is 14.5. The van der Waals surface area contributed by atoms with Crippen LogP contribution in [-0.4, -0.2) is 51.9 Å². The van der Waals surface area contributed by atoms with E-state index in [9.17, 15) is 19.2 Å². The van der Waals surface area contributed by atoms with Gasteiger partial charge in [0.05, 0.1) is 6.42 Å². The highest BCUT2D eigenvalue weighted by Gasteiger charge is 2.43. The van der Waals surface area contributed by atoms with Gasteiger partial charge in [0.25, 0.3) is 0 Å². The number of carbonyl (C=O) groups excluding carboxylic acids is 4. The van der Waals surface area contributed by atoms with Gasteiger partial charge in [-0.15, -0.1) is 0 Å². The van der Waals surface area contributed by atoms with Crippen molar-refractivity contribution in [3.05, 3.63) is 34.9 Å². The molecule has 9 nitrogen and oxygen atoms in total. The predicted octanol–water partition coefficient (Wildman–Crippen LogP) is 3.41. The summed E-state index contributed by atoms with van der Waals surface area (Å²) in [5, 5.41) is 5.55. The van der Waals surface area contributed by atoms with Crippen LogP contribution in [0.5, 0.6) is 0 Å². The molecule has 2 atom stereocenters. The zero-order valence-corrected chi connectivity index (χ0v) is 22.9. The summed E-state index contributed by atoms with van der Waals surface area (Å²) in [6.07, 6.45) is 1.09. The first kappa shape index (κ1) is 29.1. The molecule has 4 amide bonds. The van der Waals surface area contributed by atoms with Crippen LogP contribution in [0.4, 0.5) is 4.79 Å². The summed E-state index contributed by atoms with van der Waals surface area (Å²) in [4.78, 5) is 53.9. The molecular formula is C27H42N4O5. The van der Waals surface area contributed by atoms with Gasteiger partial charge in [0.1, 0.15) is 17.7 Å². The first-order chi connectivity index (χ1) is 16.5. The maximum atomic E-state index is 14.1. The van der Waals surface area contributed by atoms with Crippen molar-refractivity contribution in [2.24, 2.45) is 5.73 Å². The summed E-state index contributed by atoms with van der Waals surface area (Å²) >= 11 is 0. The SMILES string of the molecule is Cc1cccc(C)c1C(C(=O)NC(C)(C)C)N(C(=O)C(CC(N)=O)NC(=O)OC(C)(C)C)C1CCC1. The molecule has 0 spiro atoms. The zero-order chi connectivity index (χ0) is 27.4. The molecule has 0 bridgehead atoms. The van der Waals surface area contributed by atoms with Gasteiger partial charge in [0.2, 0.25) is 17.7 Å². The Morgan fingerprint density at radius 2 is 1.61 bits per heavy atom. The molecule has 9 heteroatoms. The summed E-state index contributed by atoms with van der Waals surface area (Å²) in [7, 11) is 0. The largest absolute Gasteiger partial charge is 0.444 e. The third kappa shape index (κ3) is 7.96. The van der Waals surface area contributed by atoms with Crippen LogP contribution in [-0.2, 0) is 19.1 Å². The molecule has 1 aromatic rings. The Labute approximate surface area is 214 Å². The van der Waals surface area contributed by atoms with Gasteiger partial charge in [-0.2, -0.15) is 0 Å². The molecule has 4 N–H and O–H groups in total. The first-order valence-corrected chi connectivity index (χ1v) is 12.5. The van der Waals surface area contributed by atoms with Crippen molar-refractivity contribution in [2.75, 3.05) is 0 Å². The van der Waals surface area contributed by atoms with E-state index in [4.69, 9.17) is 10.5 Å². The molecule has 36 heavy (non-hydrogen) atoms. The van der Waals surface area contributed by atoms with E-state index in [1.54, 1.807) is 25.7 Å². The summed E-state index contributed by atoms with van der Waals surface area (Å²) in [5.41, 5.74) is 6.58. The number of alkyl carbamates (subject to hydrolysis) is 1. The van der Waals surface area contributed by atoms with E-state index in [1.807, 2.05) is 52.8 Å². The van der Waals surface area contributed by atoms with E-state index in [0.29, 0.717) is 12.8 Å². The lowest BCUT2D eigenvalue weighted by atomic mass is 9.85. The quantitative estimate of drug-likeness (QED) is 0.501. The number of nitrogens with two attached hydrogens (primary N) is 1. The van der Waals surface area contributed by atoms with Gasteiger partial charge in [-0.05, 0) is 91.3 Å². The number of amides is 4. The minimum atomic E-state index is -1.27. The minimum Gasteiger partial charge on any atom is -0.444 e. The average molecular weight is 503 g/mol. The van der Waals surface area contributed by atoms with E-state index in [-0.39, 0.29) is 11.9 Å². The highest BCUT2D eigenvalue weighted by atomic mass is 16.6. The van der Waals surface area contributed by atoms with Crippen LogP contribution in [0.15, 0.2) is 18.2 Å². The van der Waals surface area contributed by atoms with Gasteiger partial charge >= 0.3 is 6.09 Å². The van der Waals surface area contributed by atoms with Gasteiger partial charge < -0.3 is 26.0 Å². The van der Waals surface area contributed by atoms with Crippen LogP contribution in [0.2, 0.25) is 0 Å². The molecule has 1 aromatic carbocycles. The van der Waals surface area contributed by atoms with E-state index in [1.165, 1.54) is 0 Å². The molecule has 200 valence electrons. The molecule has 0 heterocycles. The maximum absolute atomic E-state index is 14.1. The molecule has 1 saturated carbocycles. The van der Waals surface area contributed by atoms with Crippen molar-refractivity contribution in [1.82, 2.24) is 15.5 Å². The van der Waals surface area contributed by atoms with Crippen LogP contribution in [0, 0.1) is 13.8 Å². The van der Waals surface area contributed by atoms with Crippen LogP contribution < -0.4 is 16.4 Å². The topological polar surface area (TPSA) is 131 Å². The molecule has 0 aliphatic heterocycles. The molecule has 1 aliphatic rings. The molecule has 2 rings (SSSR count). The summed E-state index contributed by atoms with van der Waals surface area (Å²) in [5.74, 6) is -1.61. The lowest BCUT2D eigenvalue weighted by Crippen LogP contribution is -2.59. The fourth-order valence-electron chi connectivity index (χ4n) is 4.31. The predicted molar refractivity (Wildman–Crippen MR) is 138 cm³/mol. The van der Waals surface area contributed by atoms with Crippen molar-refractivity contribution >= 4 is 23.8 Å². The Morgan fingerprint density at radius 1 is 1.06 bits per heavy atom. The smallest absolute Gasteiger partial charge is 0.408 e. The number of aryl methyl sites for hydroxylation is 2. The molecule has 2 unspecified atom stereocenters. The molecular weight excluding hydrogens is 460 g/mol. The second-order valence-corrected chi connectivity index (χ2v) is 11.6. The Bertz CT molecular complexity index is 969. The molecule has 1 aliphatic carbocycles. The van der Waals surface area contributed by atoms with Crippen LogP contribution in [0.25, 0.3) is 0 Å². The van der Waals surface area contributed by atoms with Gasteiger partial charge in [0.15, 0.2) is 0 Å². The Hall–Kier alpha value is -3.10. The van der Waals surface area contributed by atoms with Gasteiger partial charge in [-0.25, -0.2) is 4.79 Å². The van der Waals surface area contributed by atoms with Gasteiger partial charge in [-0.1, -0.05) is 18.2 Å². The number of rotatable bonds is 8. The third-order valence-corrected chi connectivity index (χ3v) is 5.96. The normalized spacial score (nSPS) is 15.8. The Kier molecular flexibility index (Phi) is 9.15. The highest BCUT2D eigenvalue weighted by Crippen LogP contribution is 2.36. The van der Waals surface area contributed by atoms with Crippen molar-refractivity contribution in [3.63, 3.8) is 0 Å². The van der Waals surface area contributed by atoms with Crippen molar-refractivity contribution < 1.29 is 23.9 Å². The Balaban J connectivity index is 2.59. The second kappa shape index (κ2) is 11.3. The number of benzene rings is 1. The van der Waals surface area contributed by atoms with Gasteiger partial charge in [0, 0.05) is 11.6 Å². The highest BCUT2D eigenvalue weighted by molar-refractivity contribution is 5.95. The second-order valence-electron chi connectivity index (χ2n) is 11.6. The fourth-order valence-corrected chi connectivity index (χ4v) is 4.31. The molecule has 1 fully saturated rings. The van der Waals surface area contributed by atoms with E-state index in [0.717, 1.165) is 23.1 Å². The number of carbonyl (C=O) groups is 4. The standard InChI is InChI=1S/C27H42N4O5/c1-16-11-9-12-17(2)21(16)22(23(33)30-26(3,4)5)31(18-13-10-14-18)24(34)19(15-20(28)32)29-25(35)36-27(6,7)8/h9,11-12,18-19,22H,10,13-15H2,1-8H3,(H2,28,32)(H,29,35)(H,30,33). The lowest BCUT2D eigenvalue weighted by molar-refractivity contribution is -0.148. The number of hydrogen-bond donors (Lipinski definition) is 3. The first-order valence-electron chi connectivity index (χ1n) is 12.5. The summed E-state index contributed by atoms with van der Waals surface area (Å²) in [6, 6.07) is 3.28. The minimum absolute atomic E-state index is 0.219. The van der Waals surface area contributed by atoms with Crippen molar-refractivity contribution in [2.45, 2.75) is 110 Å². The number of ether oxygens (including phenoxy) is 1. The summed E-state index contributed by atoms with van der Waals surface area (Å²) < 4.78 is 5.32. The molecule has 0 saturated heterocycles. The van der Waals surface area contributed by atoms with Crippen LogP contribution >= 0.6 is 0 Å². The fraction of sp³-hybridized carbons (Fsp3) is 0.630. The number of nitrogens with zero attached hydrogens (tertiary/aromatic N) is 1. The van der Waals surface area contributed by atoms with Crippen molar-refractivity contribution in [3.8, 4) is 0 Å². The Morgan fingerprint density at radius 3 is 2.03 bits per heavy atom. The average Bonchev–Trinajstić information content (AvgIpc) is 2.63. The van der Waals surface area contributed by atoms with Crippen LogP contribution in [0.1, 0.15) is 90.0 Å². The zero-order valence-electron chi connectivity index (χ0n) is 22.9. The van der Waals surface area contributed by atoms with E-state index >= 15 is 0 Å². The maximum Gasteiger partial charge on any atom is 0.408 e. The van der Waals surface area contributed by atoms with Crippen LogP contribution in [0.3, 0.4) is 0 Å². The van der Waals surface area contributed by atoms with Gasteiger partial charge in [-0.3, -0.25) is 14.4 Å². The van der Waals surface area contributed by atoms with Crippen molar-refractivity contribution in [1.29, 1.82) is 0 Å². The monoisotopic (exact) mass is 502 g/mol.